The fourth-order valence-electron chi connectivity index (χ4n) is 4.04. The molecule has 7 heteroatoms. The number of likely N-dealkylation sites (N-methyl/N-ethyl adjacent to an activating group) is 1. The Morgan fingerprint density at radius 1 is 0.964 bits per heavy atom. The van der Waals surface area contributed by atoms with Crippen molar-refractivity contribution in [3.63, 3.8) is 0 Å². The first-order chi connectivity index (χ1) is 13.5. The van der Waals surface area contributed by atoms with E-state index in [1.165, 1.54) is 0 Å². The largest absolute Gasteiger partial charge is 0.339 e. The Hall–Kier alpha value is -1.63. The molecule has 0 saturated carbocycles. The molecule has 1 aromatic rings. The second-order valence-corrected chi connectivity index (χ2v) is 8.00. The lowest BCUT2D eigenvalue weighted by molar-refractivity contribution is -0.138. The number of nitrogens with zero attached hydrogens (tertiary/aromatic N) is 4. The molecule has 2 fully saturated rings. The van der Waals surface area contributed by atoms with Crippen molar-refractivity contribution in [3.05, 3.63) is 34.9 Å². The fourth-order valence-corrected chi connectivity index (χ4v) is 4.25. The van der Waals surface area contributed by atoms with E-state index in [-0.39, 0.29) is 17.9 Å². The molecule has 0 bridgehead atoms. The van der Waals surface area contributed by atoms with Gasteiger partial charge in [-0.3, -0.25) is 14.5 Å². The third kappa shape index (κ3) is 4.85. The Kier molecular flexibility index (Phi) is 7.32. The quantitative estimate of drug-likeness (QED) is 0.767. The maximum Gasteiger partial charge on any atom is 0.255 e. The van der Waals surface area contributed by atoms with Gasteiger partial charge in [0, 0.05) is 52.4 Å². The first-order valence-electron chi connectivity index (χ1n) is 10.3. The van der Waals surface area contributed by atoms with Gasteiger partial charge in [0.1, 0.15) is 0 Å². The van der Waals surface area contributed by atoms with Crippen LogP contribution in [-0.2, 0) is 4.79 Å². The van der Waals surface area contributed by atoms with Crippen LogP contribution in [0.2, 0.25) is 5.02 Å². The van der Waals surface area contributed by atoms with Crippen LogP contribution in [0.15, 0.2) is 24.3 Å². The van der Waals surface area contributed by atoms with Gasteiger partial charge in [-0.05, 0) is 32.0 Å². The number of carbonyl (C=O) groups excluding carboxylic acids is 2. The highest BCUT2D eigenvalue weighted by atomic mass is 35.5. The van der Waals surface area contributed by atoms with E-state index in [0.29, 0.717) is 30.2 Å². The normalized spacial score (nSPS) is 20.7. The molecular weight excluding hydrogens is 376 g/mol. The van der Waals surface area contributed by atoms with Gasteiger partial charge in [-0.15, -0.1) is 0 Å². The van der Waals surface area contributed by atoms with Crippen LogP contribution >= 0.6 is 11.6 Å². The van der Waals surface area contributed by atoms with Crippen LogP contribution in [0.5, 0.6) is 0 Å². The van der Waals surface area contributed by atoms with E-state index in [1.54, 1.807) is 12.1 Å². The summed E-state index contributed by atoms with van der Waals surface area (Å²) < 4.78 is 0. The van der Waals surface area contributed by atoms with E-state index in [1.807, 2.05) is 28.9 Å². The average molecular weight is 407 g/mol. The number of hydrogen-bond acceptors (Lipinski definition) is 4. The topological polar surface area (TPSA) is 47.1 Å². The molecular formula is C21H31ClN4O2. The Labute approximate surface area is 173 Å². The summed E-state index contributed by atoms with van der Waals surface area (Å²) in [5.41, 5.74) is 0.551. The fraction of sp³-hybridized carbons (Fsp3) is 0.619. The second-order valence-electron chi connectivity index (χ2n) is 7.60. The molecule has 0 aromatic heterocycles. The van der Waals surface area contributed by atoms with Gasteiger partial charge >= 0.3 is 0 Å². The zero-order chi connectivity index (χ0) is 20.1. The van der Waals surface area contributed by atoms with Crippen molar-refractivity contribution in [2.75, 3.05) is 58.9 Å². The Bertz CT molecular complexity index is 691. The molecule has 2 saturated heterocycles. The summed E-state index contributed by atoms with van der Waals surface area (Å²) in [6, 6.07) is 7.04. The number of benzene rings is 1. The van der Waals surface area contributed by atoms with Crippen molar-refractivity contribution < 1.29 is 9.59 Å². The highest BCUT2D eigenvalue weighted by molar-refractivity contribution is 6.33. The average Bonchev–Trinajstić information content (AvgIpc) is 2.99. The molecule has 2 amide bonds. The van der Waals surface area contributed by atoms with Gasteiger partial charge in [0.05, 0.1) is 16.6 Å². The van der Waals surface area contributed by atoms with E-state index >= 15 is 0 Å². The van der Waals surface area contributed by atoms with Gasteiger partial charge in [-0.25, -0.2) is 0 Å². The molecule has 0 spiro atoms. The van der Waals surface area contributed by atoms with Crippen molar-refractivity contribution in [2.45, 2.75) is 26.3 Å². The lowest BCUT2D eigenvalue weighted by Crippen LogP contribution is -2.54. The maximum atomic E-state index is 13.0. The Morgan fingerprint density at radius 2 is 1.64 bits per heavy atom. The van der Waals surface area contributed by atoms with E-state index in [9.17, 15) is 9.59 Å². The van der Waals surface area contributed by atoms with Crippen molar-refractivity contribution in [3.8, 4) is 0 Å². The summed E-state index contributed by atoms with van der Waals surface area (Å²) in [6.07, 6.45) is 0.859. The smallest absolute Gasteiger partial charge is 0.255 e. The molecule has 0 aliphatic carbocycles. The van der Waals surface area contributed by atoms with Crippen LogP contribution in [0.25, 0.3) is 0 Å². The van der Waals surface area contributed by atoms with Gasteiger partial charge in [-0.1, -0.05) is 30.7 Å². The van der Waals surface area contributed by atoms with Crippen molar-refractivity contribution in [2.24, 2.45) is 0 Å². The third-order valence-corrected chi connectivity index (χ3v) is 6.29. The molecule has 0 N–H and O–H groups in total. The summed E-state index contributed by atoms with van der Waals surface area (Å²) in [6.45, 7) is 11.6. The van der Waals surface area contributed by atoms with Crippen molar-refractivity contribution in [1.82, 2.24) is 19.6 Å². The molecule has 2 heterocycles. The molecule has 1 unspecified atom stereocenters. The van der Waals surface area contributed by atoms with Gasteiger partial charge < -0.3 is 14.7 Å². The maximum absolute atomic E-state index is 13.0. The summed E-state index contributed by atoms with van der Waals surface area (Å²) >= 11 is 6.20. The first kappa shape index (κ1) is 21.1. The molecule has 2 aliphatic rings. The first-order valence-corrected chi connectivity index (χ1v) is 10.7. The van der Waals surface area contributed by atoms with E-state index in [4.69, 9.17) is 11.6 Å². The molecule has 6 nitrogen and oxygen atoms in total. The second kappa shape index (κ2) is 9.72. The molecule has 3 rings (SSSR count). The number of carbonyl (C=O) groups is 2. The standard InChI is InChI=1S/C21H31ClN4O2/c1-3-23-11-13-26(14-12-23)20(27)17(2)24-9-6-10-25(16-15-24)21(28)18-7-4-5-8-19(18)22/h4-5,7-8,17H,3,6,9-16H2,1-2H3. The van der Waals surface area contributed by atoms with E-state index < -0.39 is 0 Å². The number of amides is 2. The van der Waals surface area contributed by atoms with Crippen LogP contribution < -0.4 is 0 Å². The summed E-state index contributed by atoms with van der Waals surface area (Å²) in [5, 5.41) is 0.489. The van der Waals surface area contributed by atoms with Crippen LogP contribution in [-0.4, -0.2) is 96.4 Å². The van der Waals surface area contributed by atoms with E-state index in [0.717, 1.165) is 45.7 Å². The minimum absolute atomic E-state index is 0.0258. The number of rotatable bonds is 4. The molecule has 0 radical (unpaired) electrons. The van der Waals surface area contributed by atoms with Crippen LogP contribution in [0.3, 0.4) is 0 Å². The zero-order valence-corrected chi connectivity index (χ0v) is 17.7. The molecule has 1 aromatic carbocycles. The SMILES string of the molecule is CCN1CCN(C(=O)C(C)N2CCCN(C(=O)c3ccccc3Cl)CC2)CC1. The van der Waals surface area contributed by atoms with Crippen molar-refractivity contribution >= 4 is 23.4 Å². The lowest BCUT2D eigenvalue weighted by atomic mass is 10.2. The van der Waals surface area contributed by atoms with Crippen molar-refractivity contribution in [1.29, 1.82) is 0 Å². The molecule has 1 atom stereocenters. The Balaban J connectivity index is 1.56. The molecule has 2 aliphatic heterocycles. The lowest BCUT2D eigenvalue weighted by Gasteiger charge is -2.37. The highest BCUT2D eigenvalue weighted by Gasteiger charge is 2.30. The molecule has 28 heavy (non-hydrogen) atoms. The minimum atomic E-state index is -0.149. The van der Waals surface area contributed by atoms with E-state index in [2.05, 4.69) is 16.7 Å². The summed E-state index contributed by atoms with van der Waals surface area (Å²) in [7, 11) is 0. The summed E-state index contributed by atoms with van der Waals surface area (Å²) in [5.74, 6) is 0.184. The van der Waals surface area contributed by atoms with Crippen LogP contribution in [0.1, 0.15) is 30.6 Å². The minimum Gasteiger partial charge on any atom is -0.339 e. The third-order valence-electron chi connectivity index (χ3n) is 5.96. The highest BCUT2D eigenvalue weighted by Crippen LogP contribution is 2.19. The van der Waals surface area contributed by atoms with Gasteiger partial charge in [-0.2, -0.15) is 0 Å². The number of piperazine rings is 1. The van der Waals surface area contributed by atoms with Gasteiger partial charge in [0.25, 0.3) is 5.91 Å². The predicted octanol–water partition coefficient (Wildman–Crippen LogP) is 2.04. The monoisotopic (exact) mass is 406 g/mol. The number of hydrogen-bond donors (Lipinski definition) is 0. The number of halogens is 1. The zero-order valence-electron chi connectivity index (χ0n) is 16.9. The predicted molar refractivity (Wildman–Crippen MR) is 112 cm³/mol. The van der Waals surface area contributed by atoms with Gasteiger partial charge in [0.15, 0.2) is 0 Å². The molecule has 154 valence electrons. The van der Waals surface area contributed by atoms with Gasteiger partial charge in [0.2, 0.25) is 5.91 Å². The summed E-state index contributed by atoms with van der Waals surface area (Å²) in [4.78, 5) is 34.2. The Morgan fingerprint density at radius 3 is 2.32 bits per heavy atom. The van der Waals surface area contributed by atoms with Crippen LogP contribution in [0, 0.1) is 0 Å². The van der Waals surface area contributed by atoms with Crippen LogP contribution in [0.4, 0.5) is 0 Å².